The number of rotatable bonds is 3. The summed E-state index contributed by atoms with van der Waals surface area (Å²) in [5.74, 6) is 0.722. The molecule has 3 heteroatoms. The second kappa shape index (κ2) is 4.87. The quantitative estimate of drug-likeness (QED) is 0.815. The minimum Gasteiger partial charge on any atom is -0.381 e. The summed E-state index contributed by atoms with van der Waals surface area (Å²) in [4.78, 5) is 2.73. The molecule has 0 aromatic rings. The van der Waals surface area contributed by atoms with E-state index in [2.05, 4.69) is 37.9 Å². The third-order valence-corrected chi connectivity index (χ3v) is 4.44. The second-order valence-corrected chi connectivity index (χ2v) is 6.73. The monoisotopic (exact) mass is 240 g/mol. The van der Waals surface area contributed by atoms with E-state index in [1.165, 1.54) is 12.8 Å². The molecule has 1 aliphatic carbocycles. The van der Waals surface area contributed by atoms with Crippen LogP contribution >= 0.6 is 0 Å². The third-order valence-electron chi connectivity index (χ3n) is 4.44. The lowest BCUT2D eigenvalue weighted by Gasteiger charge is -2.53. The molecule has 1 atom stereocenters. The first kappa shape index (κ1) is 13.3. The lowest BCUT2D eigenvalue weighted by molar-refractivity contribution is -0.0672. The maximum absolute atomic E-state index is 5.41. The number of piperazine rings is 1. The number of hydrogen-bond donors (Lipinski definition) is 1. The molecule has 0 amide bonds. The van der Waals surface area contributed by atoms with Crippen LogP contribution in [0.25, 0.3) is 0 Å². The van der Waals surface area contributed by atoms with Gasteiger partial charge in [-0.15, -0.1) is 0 Å². The van der Waals surface area contributed by atoms with E-state index in [1.54, 1.807) is 0 Å². The van der Waals surface area contributed by atoms with E-state index >= 15 is 0 Å². The summed E-state index contributed by atoms with van der Waals surface area (Å²) < 4.78 is 5.41. The van der Waals surface area contributed by atoms with Crippen molar-refractivity contribution in [2.45, 2.75) is 64.3 Å². The number of methoxy groups -OCH3 is 1. The summed E-state index contributed by atoms with van der Waals surface area (Å²) in [5, 5.41) is 3.68. The summed E-state index contributed by atoms with van der Waals surface area (Å²) in [6.45, 7) is 11.6. The van der Waals surface area contributed by atoms with Gasteiger partial charge in [0.1, 0.15) is 0 Å². The number of nitrogens with one attached hydrogen (secondary N) is 1. The first-order valence-corrected chi connectivity index (χ1v) is 6.96. The highest BCUT2D eigenvalue weighted by Crippen LogP contribution is 2.33. The summed E-state index contributed by atoms with van der Waals surface area (Å²) >= 11 is 0. The molecular formula is C14H28N2O. The Hall–Kier alpha value is -0.120. The Morgan fingerprint density at radius 2 is 1.94 bits per heavy atom. The smallest absolute Gasteiger partial charge is 0.0601 e. The highest BCUT2D eigenvalue weighted by molar-refractivity contribution is 4.99. The van der Waals surface area contributed by atoms with Crippen LogP contribution in [0.1, 0.15) is 40.5 Å². The highest BCUT2D eigenvalue weighted by Gasteiger charge is 2.42. The topological polar surface area (TPSA) is 24.5 Å². The van der Waals surface area contributed by atoms with Crippen molar-refractivity contribution in [2.24, 2.45) is 5.92 Å². The fourth-order valence-corrected chi connectivity index (χ4v) is 3.15. The van der Waals surface area contributed by atoms with Crippen molar-refractivity contribution in [1.29, 1.82) is 0 Å². The zero-order valence-corrected chi connectivity index (χ0v) is 12.0. The van der Waals surface area contributed by atoms with E-state index in [9.17, 15) is 0 Å². The van der Waals surface area contributed by atoms with Gasteiger partial charge in [-0.3, -0.25) is 4.90 Å². The van der Waals surface area contributed by atoms with Gasteiger partial charge in [0, 0.05) is 37.8 Å². The Labute approximate surface area is 106 Å². The lowest BCUT2D eigenvalue weighted by Crippen LogP contribution is -2.67. The Morgan fingerprint density at radius 1 is 1.29 bits per heavy atom. The van der Waals surface area contributed by atoms with Crippen LogP contribution in [-0.2, 0) is 4.74 Å². The molecule has 0 aromatic heterocycles. The van der Waals surface area contributed by atoms with E-state index in [-0.39, 0.29) is 5.54 Å². The van der Waals surface area contributed by atoms with E-state index < -0.39 is 0 Å². The van der Waals surface area contributed by atoms with Crippen LogP contribution in [0, 0.1) is 5.92 Å². The molecule has 3 nitrogen and oxygen atoms in total. The molecule has 2 aliphatic rings. The van der Waals surface area contributed by atoms with Crippen molar-refractivity contribution in [1.82, 2.24) is 10.2 Å². The fraction of sp³-hybridized carbons (Fsp3) is 1.00. The van der Waals surface area contributed by atoms with Gasteiger partial charge in [-0.05, 0) is 32.6 Å². The van der Waals surface area contributed by atoms with Gasteiger partial charge >= 0.3 is 0 Å². The van der Waals surface area contributed by atoms with Gasteiger partial charge < -0.3 is 10.1 Å². The van der Waals surface area contributed by atoms with Crippen molar-refractivity contribution in [2.75, 3.05) is 20.2 Å². The van der Waals surface area contributed by atoms with E-state index in [0.717, 1.165) is 25.0 Å². The molecule has 1 saturated carbocycles. The molecule has 0 spiro atoms. The molecule has 0 aromatic carbocycles. The van der Waals surface area contributed by atoms with Crippen LogP contribution in [0.15, 0.2) is 0 Å². The molecule has 0 bridgehead atoms. The van der Waals surface area contributed by atoms with E-state index in [0.29, 0.717) is 12.1 Å². The molecular weight excluding hydrogens is 212 g/mol. The van der Waals surface area contributed by atoms with E-state index in [1.807, 2.05) is 7.11 Å². The fourth-order valence-electron chi connectivity index (χ4n) is 3.15. The molecule has 1 N–H and O–H groups in total. The van der Waals surface area contributed by atoms with Gasteiger partial charge in [0.2, 0.25) is 0 Å². The molecule has 1 aliphatic heterocycles. The summed E-state index contributed by atoms with van der Waals surface area (Å²) in [6.07, 6.45) is 2.94. The molecule has 100 valence electrons. The summed E-state index contributed by atoms with van der Waals surface area (Å²) in [5.41, 5.74) is 0.254. The molecule has 2 fully saturated rings. The summed E-state index contributed by atoms with van der Waals surface area (Å²) in [7, 11) is 1.84. The molecule has 1 heterocycles. The van der Waals surface area contributed by atoms with Gasteiger partial charge in [0.25, 0.3) is 0 Å². The van der Waals surface area contributed by atoms with Crippen molar-refractivity contribution in [3.05, 3.63) is 0 Å². The highest BCUT2D eigenvalue weighted by atomic mass is 16.5. The largest absolute Gasteiger partial charge is 0.381 e. The lowest BCUT2D eigenvalue weighted by atomic mass is 9.82. The maximum atomic E-state index is 5.41. The first-order chi connectivity index (χ1) is 7.93. The van der Waals surface area contributed by atoms with Crippen LogP contribution < -0.4 is 5.32 Å². The summed E-state index contributed by atoms with van der Waals surface area (Å²) in [6, 6.07) is 1.43. The first-order valence-electron chi connectivity index (χ1n) is 6.96. The third kappa shape index (κ3) is 2.83. The normalized spacial score (nSPS) is 38.1. The Bertz CT molecular complexity index is 259. The minimum atomic E-state index is 0.254. The zero-order valence-electron chi connectivity index (χ0n) is 12.0. The Balaban J connectivity index is 1.99. The average Bonchev–Trinajstić information content (AvgIpc) is 2.14. The van der Waals surface area contributed by atoms with Crippen molar-refractivity contribution in [3.8, 4) is 0 Å². The number of nitrogens with zero attached hydrogens (tertiary/aromatic N) is 1. The van der Waals surface area contributed by atoms with Crippen molar-refractivity contribution >= 4 is 0 Å². The van der Waals surface area contributed by atoms with Crippen molar-refractivity contribution in [3.63, 3.8) is 0 Å². The number of hydrogen-bond acceptors (Lipinski definition) is 3. The van der Waals surface area contributed by atoms with Crippen LogP contribution in [0.3, 0.4) is 0 Å². The second-order valence-electron chi connectivity index (χ2n) is 6.73. The van der Waals surface area contributed by atoms with Crippen LogP contribution in [0.4, 0.5) is 0 Å². The Morgan fingerprint density at radius 3 is 2.47 bits per heavy atom. The molecule has 1 unspecified atom stereocenters. The van der Waals surface area contributed by atoms with Crippen LogP contribution in [-0.4, -0.2) is 48.8 Å². The average molecular weight is 240 g/mol. The molecule has 17 heavy (non-hydrogen) atoms. The number of ether oxygens (including phenoxy) is 1. The molecule has 1 saturated heterocycles. The van der Waals surface area contributed by atoms with Gasteiger partial charge in [-0.1, -0.05) is 13.8 Å². The van der Waals surface area contributed by atoms with Crippen LogP contribution in [0.2, 0.25) is 0 Å². The van der Waals surface area contributed by atoms with Gasteiger partial charge in [-0.25, -0.2) is 0 Å². The van der Waals surface area contributed by atoms with Crippen LogP contribution in [0.5, 0.6) is 0 Å². The zero-order chi connectivity index (χ0) is 12.6. The van der Waals surface area contributed by atoms with Gasteiger partial charge in [-0.2, -0.15) is 0 Å². The SMILES string of the molecule is COC1CC(N2CC(C)(C)NCC2C(C)C)C1. The van der Waals surface area contributed by atoms with Gasteiger partial charge in [0.15, 0.2) is 0 Å². The minimum absolute atomic E-state index is 0.254. The maximum Gasteiger partial charge on any atom is 0.0601 e. The Kier molecular flexibility index (Phi) is 3.81. The van der Waals surface area contributed by atoms with Crippen molar-refractivity contribution < 1.29 is 4.74 Å². The molecule has 0 radical (unpaired) electrons. The van der Waals surface area contributed by atoms with Gasteiger partial charge in [0.05, 0.1) is 6.10 Å². The molecule has 2 rings (SSSR count). The predicted molar refractivity (Wildman–Crippen MR) is 71.2 cm³/mol. The standard InChI is InChI=1S/C14H28N2O/c1-10(2)13-8-15-14(3,4)9-16(13)11-6-12(7-11)17-5/h10-13,15H,6-9H2,1-5H3. The predicted octanol–water partition coefficient (Wildman–Crippen LogP) is 1.87. The van der Waals surface area contributed by atoms with E-state index in [4.69, 9.17) is 4.74 Å².